The van der Waals surface area contributed by atoms with Crippen LogP contribution in [-0.2, 0) is 32.6 Å². The predicted octanol–water partition coefficient (Wildman–Crippen LogP) is 6.32. The van der Waals surface area contributed by atoms with Crippen molar-refractivity contribution in [2.24, 2.45) is 0 Å². The SMILES string of the molecule is CCCNC(=O)[C@H](Cc1ccccc1)N(Cc1ccc(Cl)cc1Cl)C(=O)CCCN(c1cc(C)cc(C)c1)S(C)(=O)=O. The van der Waals surface area contributed by atoms with Crippen molar-refractivity contribution in [1.29, 1.82) is 0 Å². The summed E-state index contributed by atoms with van der Waals surface area (Å²) in [4.78, 5) is 29.0. The second-order valence-electron chi connectivity index (χ2n) is 10.5. The number of carbonyl (C=O) groups excluding carboxylic acids is 2. The molecule has 0 aliphatic carbocycles. The van der Waals surface area contributed by atoms with Crippen LogP contribution in [0.25, 0.3) is 0 Å². The summed E-state index contributed by atoms with van der Waals surface area (Å²) in [5, 5.41) is 3.81. The topological polar surface area (TPSA) is 86.8 Å². The van der Waals surface area contributed by atoms with Gasteiger partial charge in [-0.05, 0) is 73.2 Å². The fourth-order valence-corrected chi connectivity index (χ4v) is 6.27. The Hall–Kier alpha value is -3.07. The van der Waals surface area contributed by atoms with Crippen LogP contribution in [0.5, 0.6) is 0 Å². The number of carbonyl (C=O) groups is 2. The lowest BCUT2D eigenvalue weighted by Crippen LogP contribution is -2.50. The summed E-state index contributed by atoms with van der Waals surface area (Å²) < 4.78 is 26.8. The number of anilines is 1. The number of rotatable bonds is 14. The summed E-state index contributed by atoms with van der Waals surface area (Å²) in [5.74, 6) is -0.533. The van der Waals surface area contributed by atoms with Gasteiger partial charge in [0.05, 0.1) is 11.9 Å². The summed E-state index contributed by atoms with van der Waals surface area (Å²) in [7, 11) is -3.59. The van der Waals surface area contributed by atoms with Crippen LogP contribution in [-0.4, -0.2) is 50.5 Å². The number of nitrogens with zero attached hydrogens (tertiary/aromatic N) is 2. The molecule has 0 aliphatic rings. The number of hydrogen-bond donors (Lipinski definition) is 1. The molecule has 42 heavy (non-hydrogen) atoms. The van der Waals surface area contributed by atoms with Crippen LogP contribution in [0.2, 0.25) is 10.0 Å². The molecule has 3 rings (SSSR count). The van der Waals surface area contributed by atoms with Crippen LogP contribution in [0.4, 0.5) is 5.69 Å². The molecule has 0 radical (unpaired) electrons. The van der Waals surface area contributed by atoms with Crippen molar-refractivity contribution in [1.82, 2.24) is 10.2 Å². The van der Waals surface area contributed by atoms with E-state index in [9.17, 15) is 18.0 Å². The number of hydrogen-bond acceptors (Lipinski definition) is 4. The standard InChI is InChI=1S/C32H39Cl2N3O4S/c1-5-15-35-32(39)30(20-25-10-7-6-8-11-25)36(22-26-13-14-27(33)21-29(26)34)31(38)12-9-16-37(42(4,40)41)28-18-23(2)17-24(3)19-28/h6-8,10-11,13-14,17-19,21,30H,5,9,12,15-16,20,22H2,1-4H3,(H,35,39)/t30-/m0/s1. The number of sulfonamides is 1. The van der Waals surface area contributed by atoms with Crippen molar-refractivity contribution in [3.05, 3.63) is 99.0 Å². The van der Waals surface area contributed by atoms with Gasteiger partial charge >= 0.3 is 0 Å². The zero-order chi connectivity index (χ0) is 30.9. The third-order valence-electron chi connectivity index (χ3n) is 6.82. The molecular formula is C32H39Cl2N3O4S. The summed E-state index contributed by atoms with van der Waals surface area (Å²) in [6.45, 7) is 6.49. The highest BCUT2D eigenvalue weighted by atomic mass is 35.5. The van der Waals surface area contributed by atoms with Crippen molar-refractivity contribution in [2.75, 3.05) is 23.7 Å². The van der Waals surface area contributed by atoms with Crippen molar-refractivity contribution >= 4 is 50.7 Å². The lowest BCUT2D eigenvalue weighted by molar-refractivity contribution is -0.141. The molecule has 1 atom stereocenters. The normalized spacial score (nSPS) is 12.0. The Morgan fingerprint density at radius 2 is 1.62 bits per heavy atom. The van der Waals surface area contributed by atoms with Gasteiger partial charge in [0, 0.05) is 42.5 Å². The van der Waals surface area contributed by atoms with Crippen molar-refractivity contribution in [3.8, 4) is 0 Å². The fraction of sp³-hybridized carbons (Fsp3) is 0.375. The van der Waals surface area contributed by atoms with Gasteiger partial charge in [-0.25, -0.2) is 8.42 Å². The smallest absolute Gasteiger partial charge is 0.243 e. The minimum Gasteiger partial charge on any atom is -0.354 e. The Balaban J connectivity index is 1.91. The molecule has 3 aromatic rings. The number of benzene rings is 3. The van der Waals surface area contributed by atoms with E-state index >= 15 is 0 Å². The Labute approximate surface area is 259 Å². The van der Waals surface area contributed by atoms with E-state index in [2.05, 4.69) is 5.32 Å². The first kappa shape index (κ1) is 33.4. The second kappa shape index (κ2) is 15.4. The van der Waals surface area contributed by atoms with Crippen LogP contribution in [0, 0.1) is 13.8 Å². The Bertz CT molecular complexity index is 1460. The lowest BCUT2D eigenvalue weighted by Gasteiger charge is -2.32. The molecule has 1 N–H and O–H groups in total. The maximum atomic E-state index is 13.9. The van der Waals surface area contributed by atoms with Gasteiger partial charge in [0.25, 0.3) is 0 Å². The quantitative estimate of drug-likeness (QED) is 0.225. The van der Waals surface area contributed by atoms with E-state index < -0.39 is 16.1 Å². The first-order valence-corrected chi connectivity index (χ1v) is 16.6. The molecule has 0 saturated heterocycles. The highest BCUT2D eigenvalue weighted by molar-refractivity contribution is 7.92. The van der Waals surface area contributed by atoms with E-state index in [-0.39, 0.29) is 37.7 Å². The van der Waals surface area contributed by atoms with Gasteiger partial charge in [-0.2, -0.15) is 0 Å². The molecule has 0 bridgehead atoms. The molecule has 10 heteroatoms. The van der Waals surface area contributed by atoms with Gasteiger partial charge in [0.1, 0.15) is 6.04 Å². The number of nitrogens with one attached hydrogen (secondary N) is 1. The van der Waals surface area contributed by atoms with Gasteiger partial charge < -0.3 is 10.2 Å². The van der Waals surface area contributed by atoms with Crippen molar-refractivity contribution in [3.63, 3.8) is 0 Å². The van der Waals surface area contributed by atoms with Crippen LogP contribution in [0.3, 0.4) is 0 Å². The van der Waals surface area contributed by atoms with Crippen LogP contribution in [0.15, 0.2) is 66.7 Å². The summed E-state index contributed by atoms with van der Waals surface area (Å²) in [6.07, 6.45) is 2.52. The highest BCUT2D eigenvalue weighted by Gasteiger charge is 2.31. The average molecular weight is 633 g/mol. The Morgan fingerprint density at radius 3 is 2.21 bits per heavy atom. The lowest BCUT2D eigenvalue weighted by atomic mass is 10.0. The van der Waals surface area contributed by atoms with Gasteiger partial charge in [0.15, 0.2) is 0 Å². The van der Waals surface area contributed by atoms with Crippen molar-refractivity contribution < 1.29 is 18.0 Å². The molecule has 7 nitrogen and oxygen atoms in total. The largest absolute Gasteiger partial charge is 0.354 e. The molecule has 0 saturated carbocycles. The second-order valence-corrected chi connectivity index (χ2v) is 13.3. The summed E-state index contributed by atoms with van der Waals surface area (Å²) >= 11 is 12.6. The number of halogens is 2. The molecule has 0 aliphatic heterocycles. The molecular weight excluding hydrogens is 593 g/mol. The van der Waals surface area contributed by atoms with E-state index in [0.717, 1.165) is 29.4 Å². The Kier molecular flexibility index (Phi) is 12.3. The van der Waals surface area contributed by atoms with Gasteiger partial charge in [-0.15, -0.1) is 0 Å². The predicted molar refractivity (Wildman–Crippen MR) is 172 cm³/mol. The van der Waals surface area contributed by atoms with Crippen LogP contribution in [0.1, 0.15) is 48.4 Å². The maximum absolute atomic E-state index is 13.9. The zero-order valence-electron chi connectivity index (χ0n) is 24.6. The molecule has 0 fully saturated rings. The first-order chi connectivity index (χ1) is 19.9. The fourth-order valence-electron chi connectivity index (χ4n) is 4.85. The van der Waals surface area contributed by atoms with Gasteiger partial charge in [-0.1, -0.05) is 72.6 Å². The molecule has 3 aromatic carbocycles. The van der Waals surface area contributed by atoms with E-state index in [1.807, 2.05) is 69.3 Å². The molecule has 0 unspecified atom stereocenters. The van der Waals surface area contributed by atoms with Gasteiger partial charge in [-0.3, -0.25) is 13.9 Å². The molecule has 0 heterocycles. The van der Waals surface area contributed by atoms with Gasteiger partial charge in [0.2, 0.25) is 21.8 Å². The molecule has 0 spiro atoms. The number of amides is 2. The summed E-state index contributed by atoms with van der Waals surface area (Å²) in [6, 6.07) is 19.4. The zero-order valence-corrected chi connectivity index (χ0v) is 26.9. The van der Waals surface area contributed by atoms with Crippen molar-refractivity contribution in [2.45, 2.75) is 59.0 Å². The minimum atomic E-state index is -3.59. The highest BCUT2D eigenvalue weighted by Crippen LogP contribution is 2.26. The van der Waals surface area contributed by atoms with E-state index in [4.69, 9.17) is 23.2 Å². The van der Waals surface area contributed by atoms with Crippen LogP contribution >= 0.6 is 23.2 Å². The van der Waals surface area contributed by atoms with Crippen LogP contribution < -0.4 is 9.62 Å². The van der Waals surface area contributed by atoms with E-state index in [1.165, 1.54) is 4.31 Å². The monoisotopic (exact) mass is 631 g/mol. The Morgan fingerprint density at radius 1 is 0.952 bits per heavy atom. The summed E-state index contributed by atoms with van der Waals surface area (Å²) in [5.41, 5.74) is 4.02. The molecule has 0 aromatic heterocycles. The molecule has 2 amide bonds. The molecule has 226 valence electrons. The van der Waals surface area contributed by atoms with E-state index in [1.54, 1.807) is 23.1 Å². The average Bonchev–Trinajstić information content (AvgIpc) is 2.91. The maximum Gasteiger partial charge on any atom is 0.243 e. The third kappa shape index (κ3) is 9.75. The first-order valence-electron chi connectivity index (χ1n) is 14.0. The number of aryl methyl sites for hydroxylation is 2. The van der Waals surface area contributed by atoms with E-state index in [0.29, 0.717) is 34.3 Å². The minimum absolute atomic E-state index is 0.0361. The third-order valence-corrected chi connectivity index (χ3v) is 8.60.